The van der Waals surface area contributed by atoms with E-state index in [1.807, 2.05) is 0 Å². The monoisotopic (exact) mass is 374 g/mol. The van der Waals surface area contributed by atoms with Crippen LogP contribution in [0.1, 0.15) is 20.3 Å². The average molecular weight is 375 g/mol. The summed E-state index contributed by atoms with van der Waals surface area (Å²) in [6, 6.07) is 1.70. The standard InChI is InChI=1S/C7H18O3Si.C6H16O3SSi/c1-7(2)6-11(8-3,9-4)10-5;1-7-11(8-2,9-3)6-4-5-10/h7H,6H2,1-5H3;10H,4-6H2,1-3H3. The first kappa shape index (κ1) is 24.8. The fourth-order valence-corrected chi connectivity index (χ4v) is 6.03. The molecule has 0 fully saturated rings. The first-order chi connectivity index (χ1) is 10.3. The maximum absolute atomic E-state index is 5.24. The summed E-state index contributed by atoms with van der Waals surface area (Å²) in [5.74, 6) is 1.38. The first-order valence-corrected chi connectivity index (χ1v) is 11.8. The lowest BCUT2D eigenvalue weighted by Gasteiger charge is -2.25. The van der Waals surface area contributed by atoms with Gasteiger partial charge in [0.1, 0.15) is 0 Å². The third-order valence-electron chi connectivity index (χ3n) is 3.17. The van der Waals surface area contributed by atoms with Gasteiger partial charge in [0.15, 0.2) is 0 Å². The lowest BCUT2D eigenvalue weighted by Crippen LogP contribution is -2.43. The first-order valence-electron chi connectivity index (χ1n) is 7.26. The maximum atomic E-state index is 5.24. The van der Waals surface area contributed by atoms with Crippen molar-refractivity contribution in [3.63, 3.8) is 0 Å². The highest BCUT2D eigenvalue weighted by molar-refractivity contribution is 7.80. The topological polar surface area (TPSA) is 55.4 Å². The molecule has 0 aliphatic carbocycles. The summed E-state index contributed by atoms with van der Waals surface area (Å²) >= 11 is 4.10. The highest BCUT2D eigenvalue weighted by Gasteiger charge is 2.38. The third kappa shape index (κ3) is 9.63. The van der Waals surface area contributed by atoms with Gasteiger partial charge in [-0.25, -0.2) is 0 Å². The summed E-state index contributed by atoms with van der Waals surface area (Å²) in [5.41, 5.74) is 0. The second kappa shape index (κ2) is 13.9. The van der Waals surface area contributed by atoms with Crippen LogP contribution in [-0.2, 0) is 26.6 Å². The molecule has 9 heteroatoms. The summed E-state index contributed by atoms with van der Waals surface area (Å²) in [5, 5.41) is 0. The van der Waals surface area contributed by atoms with E-state index < -0.39 is 17.6 Å². The minimum atomic E-state index is -2.29. The lowest BCUT2D eigenvalue weighted by molar-refractivity contribution is 0.119. The molecule has 22 heavy (non-hydrogen) atoms. The molecule has 0 rings (SSSR count). The molecule has 0 aliphatic heterocycles. The fraction of sp³-hybridized carbons (Fsp3) is 1.00. The van der Waals surface area contributed by atoms with Crippen molar-refractivity contribution in [1.29, 1.82) is 0 Å². The van der Waals surface area contributed by atoms with Crippen LogP contribution in [0.15, 0.2) is 0 Å². The fourth-order valence-electron chi connectivity index (χ4n) is 1.85. The largest absolute Gasteiger partial charge is 0.500 e. The van der Waals surface area contributed by atoms with Crippen molar-refractivity contribution in [1.82, 2.24) is 0 Å². The second-order valence-corrected chi connectivity index (χ2v) is 11.6. The van der Waals surface area contributed by atoms with Gasteiger partial charge in [0.25, 0.3) is 0 Å². The Kier molecular flexibility index (Phi) is 15.7. The van der Waals surface area contributed by atoms with Gasteiger partial charge in [0, 0.05) is 54.7 Å². The normalized spacial score (nSPS) is 12.3. The van der Waals surface area contributed by atoms with Crippen LogP contribution in [0.3, 0.4) is 0 Å². The van der Waals surface area contributed by atoms with Crippen LogP contribution in [0, 0.1) is 5.92 Å². The molecule has 0 radical (unpaired) electrons. The average Bonchev–Trinajstić information content (AvgIpc) is 2.55. The third-order valence-corrected chi connectivity index (χ3v) is 9.50. The zero-order chi connectivity index (χ0) is 17.6. The zero-order valence-electron chi connectivity index (χ0n) is 15.3. The van der Waals surface area contributed by atoms with E-state index >= 15 is 0 Å². The van der Waals surface area contributed by atoms with Gasteiger partial charge in [-0.3, -0.25) is 0 Å². The molecular weight excluding hydrogens is 340 g/mol. The van der Waals surface area contributed by atoms with E-state index in [0.717, 1.165) is 24.3 Å². The predicted molar refractivity (Wildman–Crippen MR) is 96.5 cm³/mol. The van der Waals surface area contributed by atoms with Gasteiger partial charge >= 0.3 is 17.6 Å². The molecule has 0 aliphatic rings. The highest BCUT2D eigenvalue weighted by Crippen LogP contribution is 2.18. The number of thiol groups is 1. The Balaban J connectivity index is 0. The van der Waals surface area contributed by atoms with E-state index in [1.54, 1.807) is 42.7 Å². The van der Waals surface area contributed by atoms with Gasteiger partial charge < -0.3 is 26.6 Å². The molecule has 0 saturated heterocycles. The van der Waals surface area contributed by atoms with E-state index in [0.29, 0.717) is 5.92 Å². The Bertz CT molecular complexity index is 234. The molecular formula is C13H34O6SSi2. The number of hydrogen-bond acceptors (Lipinski definition) is 7. The van der Waals surface area contributed by atoms with Crippen molar-refractivity contribution >= 4 is 30.2 Å². The summed E-state index contributed by atoms with van der Waals surface area (Å²) < 4.78 is 31.3. The van der Waals surface area contributed by atoms with Gasteiger partial charge in [0.05, 0.1) is 0 Å². The van der Waals surface area contributed by atoms with Gasteiger partial charge in [-0.2, -0.15) is 12.6 Å². The zero-order valence-corrected chi connectivity index (χ0v) is 18.2. The van der Waals surface area contributed by atoms with Gasteiger partial charge in [0.2, 0.25) is 0 Å². The molecule has 0 bridgehead atoms. The van der Waals surface area contributed by atoms with Crippen molar-refractivity contribution < 1.29 is 26.6 Å². The molecule has 0 atom stereocenters. The maximum Gasteiger partial charge on any atom is 0.500 e. The van der Waals surface area contributed by atoms with Crippen molar-refractivity contribution in [2.45, 2.75) is 32.4 Å². The summed E-state index contributed by atoms with van der Waals surface area (Å²) in [7, 11) is 5.22. The van der Waals surface area contributed by atoms with Crippen molar-refractivity contribution in [3.05, 3.63) is 0 Å². The molecule has 136 valence electrons. The van der Waals surface area contributed by atoms with E-state index in [9.17, 15) is 0 Å². The molecule has 0 N–H and O–H groups in total. The van der Waals surface area contributed by atoms with Crippen LogP contribution in [0.25, 0.3) is 0 Å². The van der Waals surface area contributed by atoms with E-state index in [1.165, 1.54) is 0 Å². The Morgan fingerprint density at radius 1 is 0.727 bits per heavy atom. The molecule has 0 unspecified atom stereocenters. The molecule has 0 aromatic carbocycles. The Labute approximate surface area is 143 Å². The van der Waals surface area contributed by atoms with Crippen LogP contribution in [0.5, 0.6) is 0 Å². The van der Waals surface area contributed by atoms with Gasteiger partial charge in [-0.05, 0) is 18.1 Å². The van der Waals surface area contributed by atoms with Gasteiger partial charge in [-0.15, -0.1) is 0 Å². The van der Waals surface area contributed by atoms with E-state index in [2.05, 4.69) is 26.5 Å². The molecule has 0 aromatic heterocycles. The minimum Gasteiger partial charge on any atom is -0.377 e. The minimum absolute atomic E-state index is 0.543. The summed E-state index contributed by atoms with van der Waals surface area (Å²) in [6.07, 6.45) is 0.963. The molecule has 0 heterocycles. The van der Waals surface area contributed by atoms with Crippen LogP contribution < -0.4 is 0 Å². The quantitative estimate of drug-likeness (QED) is 0.443. The van der Waals surface area contributed by atoms with Crippen molar-refractivity contribution in [3.8, 4) is 0 Å². The Morgan fingerprint density at radius 3 is 1.27 bits per heavy atom. The number of rotatable bonds is 11. The lowest BCUT2D eigenvalue weighted by atomic mass is 10.3. The van der Waals surface area contributed by atoms with E-state index in [-0.39, 0.29) is 0 Å². The van der Waals surface area contributed by atoms with E-state index in [4.69, 9.17) is 26.6 Å². The van der Waals surface area contributed by atoms with Crippen molar-refractivity contribution in [2.75, 3.05) is 48.4 Å². The summed E-state index contributed by atoms with van der Waals surface area (Å²) in [4.78, 5) is 0. The Morgan fingerprint density at radius 2 is 1.09 bits per heavy atom. The van der Waals surface area contributed by atoms with Crippen molar-refractivity contribution in [2.24, 2.45) is 5.92 Å². The predicted octanol–water partition coefficient (Wildman–Crippen LogP) is 2.70. The SMILES string of the molecule is CO[Si](CC(C)C)(OC)OC.CO[Si](CCCS)(OC)OC. The van der Waals surface area contributed by atoms with Crippen LogP contribution >= 0.6 is 12.6 Å². The summed E-state index contributed by atoms with van der Waals surface area (Å²) in [6.45, 7) is 4.25. The number of hydrogen-bond donors (Lipinski definition) is 1. The smallest absolute Gasteiger partial charge is 0.377 e. The molecule has 0 amide bonds. The second-order valence-electron chi connectivity index (χ2n) is 5.02. The molecule has 0 spiro atoms. The molecule has 0 saturated carbocycles. The van der Waals surface area contributed by atoms with Gasteiger partial charge in [-0.1, -0.05) is 13.8 Å². The molecule has 6 nitrogen and oxygen atoms in total. The van der Waals surface area contributed by atoms with Crippen LogP contribution in [0.4, 0.5) is 0 Å². The Hall–Kier alpha value is 0.544. The van der Waals surface area contributed by atoms with Crippen LogP contribution in [-0.4, -0.2) is 66.0 Å². The highest BCUT2D eigenvalue weighted by atomic mass is 32.1. The molecule has 0 aromatic rings. The van der Waals surface area contributed by atoms with Crippen LogP contribution in [0.2, 0.25) is 12.1 Å².